The van der Waals surface area contributed by atoms with E-state index in [0.717, 1.165) is 33.5 Å². The van der Waals surface area contributed by atoms with Crippen molar-refractivity contribution in [1.82, 2.24) is 9.21 Å². The van der Waals surface area contributed by atoms with Gasteiger partial charge in [-0.2, -0.15) is 17.5 Å². The zero-order valence-electron chi connectivity index (χ0n) is 15.8. The van der Waals surface area contributed by atoms with Crippen LogP contribution in [0.15, 0.2) is 29.2 Å². The monoisotopic (exact) mass is 426 g/mol. The summed E-state index contributed by atoms with van der Waals surface area (Å²) in [6, 6.07) is 3.24. The van der Waals surface area contributed by atoms with E-state index in [-0.39, 0.29) is 18.0 Å². The van der Waals surface area contributed by atoms with Crippen LogP contribution in [0.2, 0.25) is 0 Å². The Morgan fingerprint density at radius 3 is 2.18 bits per heavy atom. The van der Waals surface area contributed by atoms with Crippen molar-refractivity contribution in [1.29, 1.82) is 0 Å². The minimum Gasteiger partial charge on any atom is -0.373 e. The number of alkyl halides is 3. The van der Waals surface area contributed by atoms with Gasteiger partial charge >= 0.3 is 6.18 Å². The highest BCUT2D eigenvalue weighted by molar-refractivity contribution is 7.89. The van der Waals surface area contributed by atoms with E-state index in [1.807, 2.05) is 0 Å². The Morgan fingerprint density at radius 1 is 1.21 bits per heavy atom. The zero-order chi connectivity index (χ0) is 21.7. The SMILES string of the molecule is C[C@@H]1CN(S(=O)(=O)c2ccc(F)cc2)C(C)(C)CN1C(=O)C(C)(O)C(F)(F)F. The Kier molecular flexibility index (Phi) is 5.61. The number of halogens is 4. The van der Waals surface area contributed by atoms with E-state index in [4.69, 9.17) is 0 Å². The van der Waals surface area contributed by atoms with Gasteiger partial charge in [-0.3, -0.25) is 4.79 Å². The van der Waals surface area contributed by atoms with Crippen LogP contribution in [0, 0.1) is 5.82 Å². The summed E-state index contributed by atoms with van der Waals surface area (Å²) in [5.41, 5.74) is -4.85. The second-order valence-corrected chi connectivity index (χ2v) is 9.52. The first-order valence-electron chi connectivity index (χ1n) is 8.40. The van der Waals surface area contributed by atoms with Crippen LogP contribution in [0.1, 0.15) is 27.7 Å². The molecule has 28 heavy (non-hydrogen) atoms. The fourth-order valence-electron chi connectivity index (χ4n) is 3.07. The summed E-state index contributed by atoms with van der Waals surface area (Å²) in [7, 11) is -4.09. The Morgan fingerprint density at radius 2 is 1.71 bits per heavy atom. The smallest absolute Gasteiger partial charge is 0.373 e. The Hall–Kier alpha value is -1.72. The molecule has 2 rings (SSSR count). The number of aliphatic hydroxyl groups is 1. The van der Waals surface area contributed by atoms with Crippen molar-refractivity contribution < 1.29 is 35.9 Å². The first-order valence-corrected chi connectivity index (χ1v) is 9.84. The summed E-state index contributed by atoms with van der Waals surface area (Å²) in [4.78, 5) is 13.0. The second kappa shape index (κ2) is 6.96. The molecule has 1 aromatic rings. The molecule has 1 N–H and O–H groups in total. The highest BCUT2D eigenvalue weighted by Gasteiger charge is 2.59. The summed E-state index contributed by atoms with van der Waals surface area (Å²) in [5, 5.41) is 9.71. The molecule has 2 atom stereocenters. The van der Waals surface area contributed by atoms with E-state index in [0.29, 0.717) is 6.92 Å². The number of rotatable bonds is 3. The lowest BCUT2D eigenvalue weighted by Gasteiger charge is -2.50. The molecular weight excluding hydrogens is 404 g/mol. The van der Waals surface area contributed by atoms with Crippen molar-refractivity contribution in [2.45, 2.75) is 55.9 Å². The van der Waals surface area contributed by atoms with Gasteiger partial charge in [0.1, 0.15) is 5.82 Å². The van der Waals surface area contributed by atoms with Crippen LogP contribution in [-0.4, -0.2) is 65.1 Å². The first kappa shape index (κ1) is 22.6. The molecule has 0 aromatic heterocycles. The lowest BCUT2D eigenvalue weighted by Crippen LogP contribution is -2.68. The maximum absolute atomic E-state index is 13.1. The van der Waals surface area contributed by atoms with Gasteiger partial charge in [-0.15, -0.1) is 0 Å². The molecule has 0 bridgehead atoms. The maximum Gasteiger partial charge on any atom is 0.426 e. The molecule has 1 fully saturated rings. The van der Waals surface area contributed by atoms with Gasteiger partial charge < -0.3 is 10.0 Å². The second-order valence-electron chi connectivity index (χ2n) is 7.65. The molecular formula is C17H22F4N2O4S. The highest BCUT2D eigenvalue weighted by Crippen LogP contribution is 2.36. The third-order valence-corrected chi connectivity index (χ3v) is 6.92. The van der Waals surface area contributed by atoms with E-state index < -0.39 is 45.1 Å². The molecule has 0 aliphatic carbocycles. The van der Waals surface area contributed by atoms with Crippen molar-refractivity contribution in [3.63, 3.8) is 0 Å². The third-order valence-electron chi connectivity index (χ3n) is 4.83. The molecule has 1 aliphatic rings. The van der Waals surface area contributed by atoms with Crippen molar-refractivity contribution in [3.05, 3.63) is 30.1 Å². The van der Waals surface area contributed by atoms with Gasteiger partial charge in [0.2, 0.25) is 15.6 Å². The Bertz CT molecular complexity index is 851. The molecule has 158 valence electrons. The van der Waals surface area contributed by atoms with Crippen LogP contribution >= 0.6 is 0 Å². The van der Waals surface area contributed by atoms with Crippen molar-refractivity contribution in [2.24, 2.45) is 0 Å². The first-order chi connectivity index (χ1) is 12.5. The standard InChI is InChI=1S/C17H22F4N2O4S/c1-11-9-23(28(26,27)13-7-5-12(18)6-8-13)15(2,3)10-22(11)14(24)16(4,25)17(19,20)21/h5-8,11,25H,9-10H2,1-4H3/t11-,16?/m1/s1. The summed E-state index contributed by atoms with van der Waals surface area (Å²) in [6.45, 7) is 4.04. The van der Waals surface area contributed by atoms with Gasteiger partial charge in [0.25, 0.3) is 5.91 Å². The van der Waals surface area contributed by atoms with Gasteiger partial charge in [0, 0.05) is 24.7 Å². The van der Waals surface area contributed by atoms with Crippen LogP contribution in [0.25, 0.3) is 0 Å². The molecule has 6 nitrogen and oxygen atoms in total. The normalized spacial score (nSPS) is 23.3. The lowest BCUT2D eigenvalue weighted by atomic mass is 9.95. The predicted octanol–water partition coefficient (Wildman–Crippen LogP) is 2.14. The fraction of sp³-hybridized carbons (Fsp3) is 0.588. The Balaban J connectivity index is 2.36. The number of carbonyl (C=O) groups excluding carboxylic acids is 1. The predicted molar refractivity (Wildman–Crippen MR) is 92.2 cm³/mol. The van der Waals surface area contributed by atoms with E-state index in [1.54, 1.807) is 0 Å². The molecule has 1 aliphatic heterocycles. The number of piperazine rings is 1. The van der Waals surface area contributed by atoms with E-state index in [2.05, 4.69) is 0 Å². The molecule has 1 aromatic carbocycles. The molecule has 1 saturated heterocycles. The van der Waals surface area contributed by atoms with E-state index >= 15 is 0 Å². The van der Waals surface area contributed by atoms with Crippen LogP contribution in [0.5, 0.6) is 0 Å². The van der Waals surface area contributed by atoms with Gasteiger partial charge in [-0.05, 0) is 52.0 Å². The van der Waals surface area contributed by atoms with Crippen molar-refractivity contribution in [2.75, 3.05) is 13.1 Å². The maximum atomic E-state index is 13.1. The fourth-order valence-corrected chi connectivity index (χ4v) is 4.92. The van der Waals surface area contributed by atoms with Crippen LogP contribution < -0.4 is 0 Å². The molecule has 1 heterocycles. The highest BCUT2D eigenvalue weighted by atomic mass is 32.2. The molecule has 11 heteroatoms. The zero-order valence-corrected chi connectivity index (χ0v) is 16.6. The van der Waals surface area contributed by atoms with Crippen LogP contribution in [0.3, 0.4) is 0 Å². The number of hydrogen-bond donors (Lipinski definition) is 1. The number of benzene rings is 1. The minimum atomic E-state index is -5.18. The van der Waals surface area contributed by atoms with Gasteiger partial charge in [-0.1, -0.05) is 0 Å². The summed E-state index contributed by atoms with van der Waals surface area (Å²) in [5.74, 6) is -2.16. The average molecular weight is 426 g/mol. The number of hydrogen-bond acceptors (Lipinski definition) is 4. The molecule has 0 spiro atoms. The number of sulfonamides is 1. The number of nitrogens with zero attached hydrogens (tertiary/aromatic N) is 2. The van der Waals surface area contributed by atoms with Crippen LogP contribution in [0.4, 0.5) is 17.6 Å². The molecule has 0 radical (unpaired) electrons. The number of amides is 1. The van der Waals surface area contributed by atoms with Gasteiger partial charge in [0.15, 0.2) is 0 Å². The summed E-state index contributed by atoms with van der Waals surface area (Å²) >= 11 is 0. The van der Waals surface area contributed by atoms with Gasteiger partial charge in [-0.25, -0.2) is 12.8 Å². The van der Waals surface area contributed by atoms with Crippen molar-refractivity contribution in [3.8, 4) is 0 Å². The number of carbonyl (C=O) groups is 1. The minimum absolute atomic E-state index is 0.170. The molecule has 1 amide bonds. The van der Waals surface area contributed by atoms with E-state index in [1.165, 1.54) is 20.8 Å². The average Bonchev–Trinajstić information content (AvgIpc) is 2.55. The molecule has 1 unspecified atom stereocenters. The lowest BCUT2D eigenvalue weighted by molar-refractivity contribution is -0.252. The van der Waals surface area contributed by atoms with Crippen LogP contribution in [-0.2, 0) is 14.8 Å². The van der Waals surface area contributed by atoms with E-state index in [9.17, 15) is 35.9 Å². The Labute approximate surface area is 160 Å². The van der Waals surface area contributed by atoms with Gasteiger partial charge in [0.05, 0.1) is 4.90 Å². The topological polar surface area (TPSA) is 77.9 Å². The molecule has 0 saturated carbocycles. The van der Waals surface area contributed by atoms with Crippen molar-refractivity contribution >= 4 is 15.9 Å². The third kappa shape index (κ3) is 3.87. The largest absolute Gasteiger partial charge is 0.426 e. The summed E-state index contributed by atoms with van der Waals surface area (Å²) in [6.07, 6.45) is -5.18. The quantitative estimate of drug-likeness (QED) is 0.752. The summed E-state index contributed by atoms with van der Waals surface area (Å²) < 4.78 is 79.2.